The van der Waals surface area contributed by atoms with Gasteiger partial charge in [-0.25, -0.2) is 8.42 Å². The number of sulfonamides is 1. The first-order valence-electron chi connectivity index (χ1n) is 15.2. The summed E-state index contributed by atoms with van der Waals surface area (Å²) in [6, 6.07) is 31.4. The molecule has 236 valence electrons. The maximum atomic E-state index is 14.6. The van der Waals surface area contributed by atoms with Crippen LogP contribution in [-0.2, 0) is 39.0 Å². The molecule has 0 fully saturated rings. The number of carbonyl (C=O) groups excluding carboxylic acids is 2. The van der Waals surface area contributed by atoms with Gasteiger partial charge in [-0.05, 0) is 66.8 Å². The molecule has 0 aliphatic heterocycles. The number of halogens is 1. The van der Waals surface area contributed by atoms with Crippen LogP contribution < -0.4 is 9.62 Å². The predicted octanol–water partition coefficient (Wildman–Crippen LogP) is 6.76. The number of benzene rings is 4. The van der Waals surface area contributed by atoms with E-state index in [1.54, 1.807) is 30.3 Å². The van der Waals surface area contributed by atoms with E-state index in [4.69, 9.17) is 0 Å². The van der Waals surface area contributed by atoms with Crippen molar-refractivity contribution in [2.24, 2.45) is 0 Å². The van der Waals surface area contributed by atoms with Gasteiger partial charge < -0.3 is 10.2 Å². The minimum Gasteiger partial charge on any atom is -0.352 e. The van der Waals surface area contributed by atoms with Gasteiger partial charge >= 0.3 is 0 Å². The first kappa shape index (κ1) is 33.9. The molecule has 0 saturated carbocycles. The number of para-hydroxylation sites is 1. The molecular weight excluding hydrogens is 650 g/mol. The van der Waals surface area contributed by atoms with Gasteiger partial charge in [-0.2, -0.15) is 0 Å². The van der Waals surface area contributed by atoms with E-state index in [0.29, 0.717) is 12.1 Å². The molecule has 45 heavy (non-hydrogen) atoms. The van der Waals surface area contributed by atoms with Crippen molar-refractivity contribution in [1.29, 1.82) is 0 Å². The fraction of sp³-hybridized carbons (Fsp3) is 0.278. The van der Waals surface area contributed by atoms with Gasteiger partial charge in [0.15, 0.2) is 0 Å². The highest BCUT2D eigenvalue weighted by molar-refractivity contribution is 9.10. The van der Waals surface area contributed by atoms with Gasteiger partial charge in [0.1, 0.15) is 12.6 Å². The molecule has 0 unspecified atom stereocenters. The average Bonchev–Trinajstić information content (AvgIpc) is 3.05. The normalized spacial score (nSPS) is 12.6. The van der Waals surface area contributed by atoms with Gasteiger partial charge in [0.05, 0.1) is 10.6 Å². The molecule has 2 amide bonds. The molecule has 4 aromatic rings. The van der Waals surface area contributed by atoms with Crippen LogP contribution in [0.15, 0.2) is 119 Å². The van der Waals surface area contributed by atoms with Gasteiger partial charge in [0.2, 0.25) is 11.8 Å². The summed E-state index contributed by atoms with van der Waals surface area (Å²) >= 11 is 3.52. The van der Waals surface area contributed by atoms with Crippen LogP contribution in [0.25, 0.3) is 0 Å². The standard InChI is InChI=1S/C36H40BrN3O4S/c1-4-27(3)38-36(42)34(24-28-15-8-6-9-16-28)39(25-29-17-14-19-31(37)23-29)35(41)26-40(33-22-13-12-18-30(33)5-2)45(43,44)32-20-10-7-11-21-32/h6-23,27,34H,4-5,24-26H2,1-3H3,(H,38,42)/t27-,34-/m0/s1. The van der Waals surface area contributed by atoms with Crippen molar-refractivity contribution in [2.45, 2.75) is 63.6 Å². The summed E-state index contributed by atoms with van der Waals surface area (Å²) in [7, 11) is -4.14. The number of carbonyl (C=O) groups is 2. The second-order valence-electron chi connectivity index (χ2n) is 11.0. The first-order valence-corrected chi connectivity index (χ1v) is 17.4. The minimum atomic E-state index is -4.14. The van der Waals surface area contributed by atoms with Crippen molar-refractivity contribution >= 4 is 43.5 Å². The van der Waals surface area contributed by atoms with Crippen molar-refractivity contribution in [2.75, 3.05) is 10.8 Å². The highest BCUT2D eigenvalue weighted by atomic mass is 79.9. The Bertz CT molecular complexity index is 1680. The number of amides is 2. The molecule has 4 rings (SSSR count). The summed E-state index contributed by atoms with van der Waals surface area (Å²) in [5.41, 5.74) is 2.92. The fourth-order valence-corrected chi connectivity index (χ4v) is 7.03. The summed E-state index contributed by atoms with van der Waals surface area (Å²) in [6.45, 7) is 5.48. The molecule has 0 bridgehead atoms. The molecule has 0 spiro atoms. The van der Waals surface area contributed by atoms with Crippen LogP contribution in [0.4, 0.5) is 5.69 Å². The molecular formula is C36H40BrN3O4S. The zero-order valence-corrected chi connectivity index (χ0v) is 28.3. The Morgan fingerprint density at radius 1 is 0.822 bits per heavy atom. The van der Waals surface area contributed by atoms with Gasteiger partial charge in [0.25, 0.3) is 10.0 Å². The van der Waals surface area contributed by atoms with Crippen molar-refractivity contribution in [3.8, 4) is 0 Å². The van der Waals surface area contributed by atoms with Crippen LogP contribution in [0.1, 0.15) is 43.9 Å². The Labute approximate surface area is 275 Å². The van der Waals surface area contributed by atoms with Crippen molar-refractivity contribution < 1.29 is 18.0 Å². The number of hydrogen-bond acceptors (Lipinski definition) is 4. The molecule has 4 aromatic carbocycles. The van der Waals surface area contributed by atoms with Crippen molar-refractivity contribution in [3.63, 3.8) is 0 Å². The molecule has 0 radical (unpaired) electrons. The zero-order valence-electron chi connectivity index (χ0n) is 25.9. The van der Waals surface area contributed by atoms with E-state index < -0.39 is 28.5 Å². The largest absolute Gasteiger partial charge is 0.352 e. The van der Waals surface area contributed by atoms with Crippen LogP contribution in [0, 0.1) is 0 Å². The van der Waals surface area contributed by atoms with Gasteiger partial charge in [-0.15, -0.1) is 0 Å². The quantitative estimate of drug-likeness (QED) is 0.159. The van der Waals surface area contributed by atoms with E-state index in [1.807, 2.05) is 87.5 Å². The Morgan fingerprint density at radius 2 is 1.44 bits per heavy atom. The maximum Gasteiger partial charge on any atom is 0.264 e. The van der Waals surface area contributed by atoms with Crippen LogP contribution >= 0.6 is 15.9 Å². The summed E-state index contributed by atoms with van der Waals surface area (Å²) in [4.78, 5) is 30.2. The highest BCUT2D eigenvalue weighted by Gasteiger charge is 2.35. The van der Waals surface area contributed by atoms with Gasteiger partial charge in [-0.3, -0.25) is 13.9 Å². The van der Waals surface area contributed by atoms with Crippen LogP contribution in [-0.4, -0.2) is 43.8 Å². The molecule has 7 nitrogen and oxygen atoms in total. The number of aryl methyl sites for hydroxylation is 1. The fourth-order valence-electron chi connectivity index (χ4n) is 5.11. The lowest BCUT2D eigenvalue weighted by Gasteiger charge is -2.34. The number of nitrogens with one attached hydrogen (secondary N) is 1. The molecule has 2 atom stereocenters. The monoisotopic (exact) mass is 689 g/mol. The lowest BCUT2D eigenvalue weighted by Crippen LogP contribution is -2.54. The number of rotatable bonds is 14. The second kappa shape index (κ2) is 15.9. The smallest absolute Gasteiger partial charge is 0.264 e. The van der Waals surface area contributed by atoms with E-state index in [1.165, 1.54) is 21.3 Å². The van der Waals surface area contributed by atoms with E-state index in [0.717, 1.165) is 27.6 Å². The van der Waals surface area contributed by atoms with Crippen LogP contribution in [0.3, 0.4) is 0 Å². The molecule has 0 heterocycles. The van der Waals surface area contributed by atoms with E-state index in [-0.39, 0.29) is 29.8 Å². The first-order chi connectivity index (χ1) is 21.6. The molecule has 1 N–H and O–H groups in total. The van der Waals surface area contributed by atoms with Crippen molar-refractivity contribution in [3.05, 3.63) is 130 Å². The third-order valence-corrected chi connectivity index (χ3v) is 10.0. The Hall–Kier alpha value is -3.95. The van der Waals surface area contributed by atoms with E-state index in [9.17, 15) is 18.0 Å². The number of hydrogen-bond donors (Lipinski definition) is 1. The molecule has 0 saturated heterocycles. The Morgan fingerprint density at radius 3 is 2.09 bits per heavy atom. The summed E-state index contributed by atoms with van der Waals surface area (Å²) < 4.78 is 30.4. The molecule has 0 aliphatic carbocycles. The third kappa shape index (κ3) is 8.83. The summed E-state index contributed by atoms with van der Waals surface area (Å²) in [5, 5.41) is 3.07. The summed E-state index contributed by atoms with van der Waals surface area (Å²) in [6.07, 6.45) is 1.56. The molecule has 9 heteroatoms. The summed E-state index contributed by atoms with van der Waals surface area (Å²) in [5.74, 6) is -0.774. The van der Waals surface area contributed by atoms with Crippen molar-refractivity contribution in [1.82, 2.24) is 10.2 Å². The topological polar surface area (TPSA) is 86.8 Å². The maximum absolute atomic E-state index is 14.6. The Kier molecular flexibility index (Phi) is 12.0. The predicted molar refractivity (Wildman–Crippen MR) is 183 cm³/mol. The van der Waals surface area contributed by atoms with E-state index >= 15 is 0 Å². The average molecular weight is 691 g/mol. The second-order valence-corrected chi connectivity index (χ2v) is 13.8. The van der Waals surface area contributed by atoms with Crippen LogP contribution in [0.2, 0.25) is 0 Å². The molecule has 0 aromatic heterocycles. The number of anilines is 1. The van der Waals surface area contributed by atoms with Gasteiger partial charge in [-0.1, -0.05) is 109 Å². The van der Waals surface area contributed by atoms with Crippen LogP contribution in [0.5, 0.6) is 0 Å². The number of nitrogens with zero attached hydrogens (tertiary/aromatic N) is 2. The van der Waals surface area contributed by atoms with E-state index in [2.05, 4.69) is 21.2 Å². The SMILES string of the molecule is CCc1ccccc1N(CC(=O)N(Cc1cccc(Br)c1)[C@@H](Cc1ccccc1)C(=O)N[C@@H](C)CC)S(=O)(=O)c1ccccc1. The Balaban J connectivity index is 1.83. The minimum absolute atomic E-state index is 0.0811. The lowest BCUT2D eigenvalue weighted by atomic mass is 10.0. The lowest BCUT2D eigenvalue weighted by molar-refractivity contribution is -0.140. The van der Waals surface area contributed by atoms with Gasteiger partial charge in [0, 0.05) is 23.5 Å². The third-order valence-electron chi connectivity index (χ3n) is 7.77. The molecule has 0 aliphatic rings. The highest BCUT2D eigenvalue weighted by Crippen LogP contribution is 2.28. The zero-order chi connectivity index (χ0) is 32.4.